The number of nitrogens with zero attached hydrogens (tertiary/aromatic N) is 2. The third-order valence-corrected chi connectivity index (χ3v) is 3.83. The summed E-state index contributed by atoms with van der Waals surface area (Å²) in [5.74, 6) is 0.616. The molecule has 2 rings (SSSR count). The van der Waals surface area contributed by atoms with E-state index in [0.29, 0.717) is 12.1 Å². The minimum Gasteiger partial charge on any atom is -0.496 e. The summed E-state index contributed by atoms with van der Waals surface area (Å²) in [6.45, 7) is 6.30. The minimum absolute atomic E-state index is 0.103. The molecule has 0 atom stereocenters. The van der Waals surface area contributed by atoms with Crippen LogP contribution in [0, 0.1) is 20.8 Å². The second kappa shape index (κ2) is 5.99. The number of hydrogen-bond acceptors (Lipinski definition) is 3. The Labute approximate surface area is 124 Å². The van der Waals surface area contributed by atoms with Crippen molar-refractivity contribution in [2.45, 2.75) is 27.3 Å². The molecule has 2 aromatic rings. The molecule has 1 aromatic heterocycles. The molecule has 1 N–H and O–H groups in total. The lowest BCUT2D eigenvalue weighted by atomic mass is 10.1. The highest BCUT2D eigenvalue weighted by molar-refractivity contribution is 5.96. The zero-order chi connectivity index (χ0) is 15.6. The first-order valence-corrected chi connectivity index (χ1v) is 6.86. The van der Waals surface area contributed by atoms with E-state index in [2.05, 4.69) is 10.4 Å². The van der Waals surface area contributed by atoms with Gasteiger partial charge in [0.15, 0.2) is 0 Å². The average Bonchev–Trinajstić information content (AvgIpc) is 2.70. The van der Waals surface area contributed by atoms with Gasteiger partial charge in [0.05, 0.1) is 12.8 Å². The summed E-state index contributed by atoms with van der Waals surface area (Å²) in [6.07, 6.45) is 0. The van der Waals surface area contributed by atoms with Crippen molar-refractivity contribution in [1.29, 1.82) is 0 Å². The molecule has 0 saturated carbocycles. The second-order valence-electron chi connectivity index (χ2n) is 5.09. The zero-order valence-corrected chi connectivity index (χ0v) is 13.2. The lowest BCUT2D eigenvalue weighted by Crippen LogP contribution is -2.24. The number of aryl methyl sites for hydroxylation is 2. The van der Waals surface area contributed by atoms with Crippen LogP contribution in [0.3, 0.4) is 0 Å². The molecule has 1 aromatic carbocycles. The second-order valence-corrected chi connectivity index (χ2v) is 5.09. The first-order valence-electron chi connectivity index (χ1n) is 6.86. The Morgan fingerprint density at radius 2 is 2.05 bits per heavy atom. The van der Waals surface area contributed by atoms with E-state index in [0.717, 1.165) is 28.3 Å². The molecule has 0 fully saturated rings. The molecule has 1 heterocycles. The maximum absolute atomic E-state index is 12.3. The molecule has 0 unspecified atom stereocenters. The predicted octanol–water partition coefficient (Wildman–Crippen LogP) is 2.28. The third-order valence-electron chi connectivity index (χ3n) is 3.83. The van der Waals surface area contributed by atoms with E-state index in [-0.39, 0.29) is 5.91 Å². The molecule has 0 aliphatic rings. The fraction of sp³-hybridized carbons (Fsp3) is 0.375. The number of nitrogens with one attached hydrogen (secondary N) is 1. The summed E-state index contributed by atoms with van der Waals surface area (Å²) in [5.41, 5.74) is 4.55. The van der Waals surface area contributed by atoms with Crippen LogP contribution in [0.25, 0.3) is 0 Å². The van der Waals surface area contributed by atoms with Crippen LogP contribution in [0.15, 0.2) is 18.2 Å². The lowest BCUT2D eigenvalue weighted by molar-refractivity contribution is 0.0950. The number of aromatic nitrogens is 2. The van der Waals surface area contributed by atoms with Crippen molar-refractivity contribution < 1.29 is 9.53 Å². The number of carbonyl (C=O) groups excluding carboxylic acids is 1. The maximum atomic E-state index is 12.3. The van der Waals surface area contributed by atoms with Gasteiger partial charge in [0.25, 0.3) is 5.91 Å². The summed E-state index contributed by atoms with van der Waals surface area (Å²) in [7, 11) is 3.51. The van der Waals surface area contributed by atoms with E-state index in [1.807, 2.05) is 44.6 Å². The topological polar surface area (TPSA) is 56.1 Å². The Balaban J connectivity index is 2.16. The van der Waals surface area contributed by atoms with Crippen LogP contribution >= 0.6 is 0 Å². The first kappa shape index (κ1) is 15.1. The van der Waals surface area contributed by atoms with Gasteiger partial charge in [-0.3, -0.25) is 9.48 Å². The maximum Gasteiger partial charge on any atom is 0.251 e. The van der Waals surface area contributed by atoms with E-state index in [1.54, 1.807) is 13.2 Å². The fourth-order valence-electron chi connectivity index (χ4n) is 2.42. The molecular weight excluding hydrogens is 266 g/mol. The van der Waals surface area contributed by atoms with Gasteiger partial charge in [-0.15, -0.1) is 0 Å². The van der Waals surface area contributed by atoms with Gasteiger partial charge in [0.2, 0.25) is 0 Å². The number of amides is 1. The lowest BCUT2D eigenvalue weighted by Gasteiger charge is -2.11. The molecule has 5 heteroatoms. The van der Waals surface area contributed by atoms with Gasteiger partial charge in [-0.2, -0.15) is 5.10 Å². The molecule has 5 nitrogen and oxygen atoms in total. The molecule has 0 saturated heterocycles. The molecule has 0 aliphatic heterocycles. The van der Waals surface area contributed by atoms with Crippen LogP contribution < -0.4 is 10.1 Å². The van der Waals surface area contributed by atoms with E-state index < -0.39 is 0 Å². The highest BCUT2D eigenvalue weighted by Gasteiger charge is 2.14. The monoisotopic (exact) mass is 287 g/mol. The van der Waals surface area contributed by atoms with Gasteiger partial charge in [-0.25, -0.2) is 0 Å². The highest BCUT2D eigenvalue weighted by Crippen LogP contribution is 2.21. The smallest absolute Gasteiger partial charge is 0.251 e. The number of methoxy groups -OCH3 is 1. The van der Waals surface area contributed by atoms with Gasteiger partial charge in [0, 0.05) is 36.0 Å². The Kier molecular flexibility index (Phi) is 4.31. The Morgan fingerprint density at radius 3 is 2.62 bits per heavy atom. The first-order chi connectivity index (χ1) is 9.95. The molecule has 0 aliphatic carbocycles. The van der Waals surface area contributed by atoms with Crippen LogP contribution in [0.5, 0.6) is 5.75 Å². The summed E-state index contributed by atoms with van der Waals surface area (Å²) in [6, 6.07) is 5.47. The van der Waals surface area contributed by atoms with Gasteiger partial charge in [-0.05, 0) is 32.9 Å². The number of hydrogen-bond donors (Lipinski definition) is 1. The Morgan fingerprint density at radius 1 is 1.33 bits per heavy atom. The number of rotatable bonds is 4. The van der Waals surface area contributed by atoms with Crippen LogP contribution in [0.4, 0.5) is 0 Å². The van der Waals surface area contributed by atoms with Crippen molar-refractivity contribution in [2.24, 2.45) is 7.05 Å². The Hall–Kier alpha value is -2.30. The van der Waals surface area contributed by atoms with Gasteiger partial charge >= 0.3 is 0 Å². The summed E-state index contributed by atoms with van der Waals surface area (Å²) in [4.78, 5) is 12.3. The zero-order valence-electron chi connectivity index (χ0n) is 13.2. The van der Waals surface area contributed by atoms with Crippen LogP contribution in [-0.2, 0) is 13.6 Å². The van der Waals surface area contributed by atoms with Gasteiger partial charge in [-0.1, -0.05) is 6.07 Å². The van der Waals surface area contributed by atoms with Crippen molar-refractivity contribution in [1.82, 2.24) is 15.1 Å². The average molecular weight is 287 g/mol. The molecular formula is C16H21N3O2. The van der Waals surface area contributed by atoms with E-state index in [4.69, 9.17) is 4.74 Å². The molecule has 21 heavy (non-hydrogen) atoms. The summed E-state index contributed by atoms with van der Waals surface area (Å²) in [5, 5.41) is 7.31. The largest absolute Gasteiger partial charge is 0.496 e. The minimum atomic E-state index is -0.103. The fourth-order valence-corrected chi connectivity index (χ4v) is 2.42. The summed E-state index contributed by atoms with van der Waals surface area (Å²) >= 11 is 0. The standard InChI is InChI=1S/C16H21N3O2/c1-10-13(7-6-8-15(10)21-5)16(20)17-9-14-11(2)18-19(4)12(14)3/h6-8H,9H2,1-5H3,(H,17,20). The SMILES string of the molecule is COc1cccc(C(=O)NCc2c(C)nn(C)c2C)c1C. The van der Waals surface area contributed by atoms with Crippen LogP contribution in [0.2, 0.25) is 0 Å². The van der Waals surface area contributed by atoms with Crippen molar-refractivity contribution >= 4 is 5.91 Å². The molecule has 0 spiro atoms. The van der Waals surface area contributed by atoms with Gasteiger partial charge < -0.3 is 10.1 Å². The predicted molar refractivity (Wildman–Crippen MR) is 81.6 cm³/mol. The molecule has 112 valence electrons. The molecule has 0 bridgehead atoms. The van der Waals surface area contributed by atoms with Crippen LogP contribution in [0.1, 0.15) is 32.9 Å². The van der Waals surface area contributed by atoms with Crippen molar-refractivity contribution in [2.75, 3.05) is 7.11 Å². The Bertz CT molecular complexity index is 674. The van der Waals surface area contributed by atoms with Crippen LogP contribution in [-0.4, -0.2) is 22.8 Å². The highest BCUT2D eigenvalue weighted by atomic mass is 16.5. The summed E-state index contributed by atoms with van der Waals surface area (Å²) < 4.78 is 7.07. The molecule has 0 radical (unpaired) electrons. The number of benzene rings is 1. The van der Waals surface area contributed by atoms with Crippen molar-refractivity contribution in [3.63, 3.8) is 0 Å². The number of carbonyl (C=O) groups is 1. The normalized spacial score (nSPS) is 10.5. The molecule has 1 amide bonds. The third kappa shape index (κ3) is 2.91. The van der Waals surface area contributed by atoms with Gasteiger partial charge in [0.1, 0.15) is 5.75 Å². The van der Waals surface area contributed by atoms with E-state index >= 15 is 0 Å². The quantitative estimate of drug-likeness (QED) is 0.938. The number of ether oxygens (including phenoxy) is 1. The van der Waals surface area contributed by atoms with E-state index in [9.17, 15) is 4.79 Å². The van der Waals surface area contributed by atoms with E-state index in [1.165, 1.54) is 0 Å². The van der Waals surface area contributed by atoms with Crippen molar-refractivity contribution in [3.05, 3.63) is 46.3 Å². The van der Waals surface area contributed by atoms with Crippen molar-refractivity contribution in [3.8, 4) is 5.75 Å².